The van der Waals surface area contributed by atoms with Gasteiger partial charge >= 0.3 is 0 Å². The van der Waals surface area contributed by atoms with E-state index >= 15 is 0 Å². The zero-order valence-corrected chi connectivity index (χ0v) is 10.9. The molecule has 96 valence electrons. The fourth-order valence-corrected chi connectivity index (χ4v) is 1.71. The number of hydrogen-bond acceptors (Lipinski definition) is 4. The average molecular weight is 275 g/mol. The Morgan fingerprint density at radius 2 is 2.11 bits per heavy atom. The Morgan fingerprint density at radius 3 is 2.79 bits per heavy atom. The lowest BCUT2D eigenvalue weighted by Gasteiger charge is -2.04. The molecule has 0 aliphatic carbocycles. The largest absolute Gasteiger partial charge is 0.309 e. The summed E-state index contributed by atoms with van der Waals surface area (Å²) in [5.74, 6) is -0.369. The maximum absolute atomic E-state index is 11.7. The van der Waals surface area contributed by atoms with Crippen molar-refractivity contribution in [3.8, 4) is 11.3 Å². The predicted octanol–water partition coefficient (Wildman–Crippen LogP) is 2.52. The molecular formula is C13H11ClN4O. The van der Waals surface area contributed by atoms with Crippen LogP contribution in [0, 0.1) is 5.41 Å². The van der Waals surface area contributed by atoms with Crippen LogP contribution in [-0.2, 0) is 0 Å². The first-order valence-corrected chi connectivity index (χ1v) is 5.88. The van der Waals surface area contributed by atoms with E-state index in [9.17, 15) is 4.79 Å². The summed E-state index contributed by atoms with van der Waals surface area (Å²) in [6.07, 6.45) is 1.31. The van der Waals surface area contributed by atoms with Crippen LogP contribution >= 0.6 is 11.6 Å². The third kappa shape index (κ3) is 3.35. The summed E-state index contributed by atoms with van der Waals surface area (Å²) in [7, 11) is 0. The fraction of sp³-hybridized carbons (Fsp3) is 0.0769. The lowest BCUT2D eigenvalue weighted by molar-refractivity contribution is 0.0971. The van der Waals surface area contributed by atoms with Gasteiger partial charge in [-0.1, -0.05) is 23.7 Å². The Balaban J connectivity index is 2.34. The zero-order chi connectivity index (χ0) is 13.8. The zero-order valence-electron chi connectivity index (χ0n) is 10.1. The van der Waals surface area contributed by atoms with Crippen LogP contribution in [0.2, 0.25) is 5.02 Å². The van der Waals surface area contributed by atoms with E-state index in [0.29, 0.717) is 10.7 Å². The molecule has 0 saturated heterocycles. The summed E-state index contributed by atoms with van der Waals surface area (Å²) in [6.45, 7) is 1.48. The van der Waals surface area contributed by atoms with Crippen LogP contribution < -0.4 is 5.32 Å². The van der Waals surface area contributed by atoms with Crippen LogP contribution in [0.15, 0.2) is 36.7 Å². The van der Waals surface area contributed by atoms with Crippen molar-refractivity contribution in [3.05, 3.63) is 47.4 Å². The van der Waals surface area contributed by atoms with Crippen LogP contribution in [-0.4, -0.2) is 21.7 Å². The van der Waals surface area contributed by atoms with Crippen LogP contribution in [0.1, 0.15) is 17.4 Å². The molecule has 0 bridgehead atoms. The predicted molar refractivity (Wildman–Crippen MR) is 73.3 cm³/mol. The number of amides is 1. The molecule has 0 spiro atoms. The molecule has 0 radical (unpaired) electrons. The SMILES string of the molecule is CC(=N)NC(=O)c1cc(-c2cccc(Cl)c2)ncn1. The highest BCUT2D eigenvalue weighted by molar-refractivity contribution is 6.30. The van der Waals surface area contributed by atoms with Crippen molar-refractivity contribution in [2.24, 2.45) is 0 Å². The second kappa shape index (κ2) is 5.58. The second-order valence-corrected chi connectivity index (χ2v) is 4.31. The molecule has 1 aromatic carbocycles. The van der Waals surface area contributed by atoms with Crippen molar-refractivity contribution in [2.45, 2.75) is 6.92 Å². The van der Waals surface area contributed by atoms with Gasteiger partial charge in [0.2, 0.25) is 0 Å². The Morgan fingerprint density at radius 1 is 1.32 bits per heavy atom. The molecule has 0 fully saturated rings. The summed E-state index contributed by atoms with van der Waals surface area (Å²) in [4.78, 5) is 19.7. The summed E-state index contributed by atoms with van der Waals surface area (Å²) in [6, 6.07) is 8.73. The highest BCUT2D eigenvalue weighted by atomic mass is 35.5. The first kappa shape index (κ1) is 13.2. The number of nitrogens with zero attached hydrogens (tertiary/aromatic N) is 2. The minimum Gasteiger partial charge on any atom is -0.309 e. The normalized spacial score (nSPS) is 10.0. The molecule has 0 aliphatic heterocycles. The third-order valence-corrected chi connectivity index (χ3v) is 2.56. The number of carbonyl (C=O) groups excluding carboxylic acids is 1. The standard InChI is InChI=1S/C13H11ClN4O/c1-8(15)18-13(19)12-6-11(16-7-17-12)9-3-2-4-10(14)5-9/h2-7H,1H3,(H2,15,18,19). The Labute approximate surface area is 115 Å². The second-order valence-electron chi connectivity index (χ2n) is 3.88. The molecule has 0 saturated carbocycles. The van der Waals surface area contributed by atoms with Crippen LogP contribution in [0.3, 0.4) is 0 Å². The molecule has 1 heterocycles. The quantitative estimate of drug-likeness (QED) is 0.652. The fourth-order valence-electron chi connectivity index (χ4n) is 1.52. The van der Waals surface area contributed by atoms with E-state index in [1.54, 1.807) is 24.3 Å². The topological polar surface area (TPSA) is 78.7 Å². The van der Waals surface area contributed by atoms with Gasteiger partial charge in [-0.25, -0.2) is 9.97 Å². The first-order valence-electron chi connectivity index (χ1n) is 5.51. The minimum atomic E-state index is -0.432. The molecule has 5 nitrogen and oxygen atoms in total. The minimum absolute atomic E-state index is 0.0629. The van der Waals surface area contributed by atoms with E-state index in [4.69, 9.17) is 17.0 Å². The van der Waals surface area contributed by atoms with Crippen LogP contribution in [0.5, 0.6) is 0 Å². The van der Waals surface area contributed by atoms with Gasteiger partial charge in [0.15, 0.2) is 0 Å². The number of benzene rings is 1. The highest BCUT2D eigenvalue weighted by Gasteiger charge is 2.10. The molecular weight excluding hydrogens is 264 g/mol. The number of nitrogens with one attached hydrogen (secondary N) is 2. The van der Waals surface area contributed by atoms with Gasteiger partial charge in [0.1, 0.15) is 12.0 Å². The monoisotopic (exact) mass is 274 g/mol. The number of rotatable bonds is 2. The number of halogens is 1. The van der Waals surface area contributed by atoms with E-state index in [0.717, 1.165) is 5.56 Å². The molecule has 1 aromatic heterocycles. The first-order chi connectivity index (χ1) is 9.06. The lowest BCUT2D eigenvalue weighted by atomic mass is 10.1. The van der Waals surface area contributed by atoms with Gasteiger partial charge in [-0.15, -0.1) is 0 Å². The Kier molecular flexibility index (Phi) is 3.87. The van der Waals surface area contributed by atoms with Crippen molar-refractivity contribution in [1.29, 1.82) is 5.41 Å². The van der Waals surface area contributed by atoms with Gasteiger partial charge < -0.3 is 5.32 Å². The van der Waals surface area contributed by atoms with Gasteiger partial charge in [-0.2, -0.15) is 0 Å². The Bertz CT molecular complexity index is 642. The van der Waals surface area contributed by atoms with Gasteiger partial charge in [0.05, 0.1) is 11.5 Å². The summed E-state index contributed by atoms with van der Waals surface area (Å²) in [5.41, 5.74) is 1.61. The Hall–Kier alpha value is -2.27. The van der Waals surface area contributed by atoms with E-state index in [1.807, 2.05) is 6.07 Å². The van der Waals surface area contributed by atoms with E-state index in [2.05, 4.69) is 15.3 Å². The maximum Gasteiger partial charge on any atom is 0.275 e. The molecule has 0 atom stereocenters. The number of hydrogen-bond donors (Lipinski definition) is 2. The molecule has 0 unspecified atom stereocenters. The van der Waals surface area contributed by atoms with Crippen molar-refractivity contribution in [3.63, 3.8) is 0 Å². The van der Waals surface area contributed by atoms with E-state index in [1.165, 1.54) is 13.3 Å². The number of carbonyl (C=O) groups is 1. The van der Waals surface area contributed by atoms with E-state index < -0.39 is 5.91 Å². The highest BCUT2D eigenvalue weighted by Crippen LogP contribution is 2.20. The third-order valence-electron chi connectivity index (χ3n) is 2.32. The maximum atomic E-state index is 11.7. The van der Waals surface area contributed by atoms with Crippen molar-refractivity contribution in [1.82, 2.24) is 15.3 Å². The summed E-state index contributed by atoms with van der Waals surface area (Å²) < 4.78 is 0. The summed E-state index contributed by atoms with van der Waals surface area (Å²) in [5, 5.41) is 10.2. The van der Waals surface area contributed by atoms with Gasteiger partial charge in [-0.05, 0) is 25.1 Å². The molecule has 1 amide bonds. The van der Waals surface area contributed by atoms with Crippen molar-refractivity contribution >= 4 is 23.3 Å². The molecule has 6 heteroatoms. The summed E-state index contributed by atoms with van der Waals surface area (Å²) >= 11 is 5.92. The van der Waals surface area contributed by atoms with Crippen molar-refractivity contribution in [2.75, 3.05) is 0 Å². The number of amidine groups is 1. The van der Waals surface area contributed by atoms with E-state index in [-0.39, 0.29) is 11.5 Å². The van der Waals surface area contributed by atoms with Crippen LogP contribution in [0.25, 0.3) is 11.3 Å². The lowest BCUT2D eigenvalue weighted by Crippen LogP contribution is -2.28. The van der Waals surface area contributed by atoms with Gasteiger partial charge in [0.25, 0.3) is 5.91 Å². The van der Waals surface area contributed by atoms with Crippen molar-refractivity contribution < 1.29 is 4.79 Å². The van der Waals surface area contributed by atoms with Gasteiger partial charge in [-0.3, -0.25) is 10.2 Å². The molecule has 19 heavy (non-hydrogen) atoms. The molecule has 2 rings (SSSR count). The molecule has 2 aromatic rings. The average Bonchev–Trinajstić information content (AvgIpc) is 2.38. The van der Waals surface area contributed by atoms with Crippen LogP contribution in [0.4, 0.5) is 0 Å². The number of aromatic nitrogens is 2. The molecule has 2 N–H and O–H groups in total. The molecule has 0 aliphatic rings. The van der Waals surface area contributed by atoms with Gasteiger partial charge in [0, 0.05) is 10.6 Å². The smallest absolute Gasteiger partial charge is 0.275 e.